The molecule has 0 bridgehead atoms. The van der Waals surface area contributed by atoms with Gasteiger partial charge in [0.15, 0.2) is 0 Å². The van der Waals surface area contributed by atoms with Crippen LogP contribution in [0.25, 0.3) is 0 Å². The third-order valence-corrected chi connectivity index (χ3v) is 2.49. The summed E-state index contributed by atoms with van der Waals surface area (Å²) in [6.07, 6.45) is 3.49. The summed E-state index contributed by atoms with van der Waals surface area (Å²) in [7, 11) is 0. The smallest absolute Gasteiger partial charge is 0.0558 e. The Labute approximate surface area is 74.9 Å². The van der Waals surface area contributed by atoms with Crippen LogP contribution < -0.4 is 0 Å². The minimum atomic E-state index is 0.283. The fraction of sp³-hybridized carbons (Fsp3) is 0.800. The van der Waals surface area contributed by atoms with E-state index in [4.69, 9.17) is 5.11 Å². The molecule has 0 atom stereocenters. The highest BCUT2D eigenvalue weighted by atomic mass is 16.3. The van der Waals surface area contributed by atoms with Crippen LogP contribution >= 0.6 is 0 Å². The SMILES string of the molecule is CC(C)C1=CCN(CCO)CC1. The Hall–Kier alpha value is -0.340. The number of hydrogen-bond donors (Lipinski definition) is 1. The highest BCUT2D eigenvalue weighted by molar-refractivity contribution is 5.09. The molecule has 0 aliphatic carbocycles. The van der Waals surface area contributed by atoms with E-state index in [0.29, 0.717) is 5.92 Å². The molecule has 12 heavy (non-hydrogen) atoms. The number of β-amino-alcohol motifs (C(OH)–C–C–N with tert-alkyl or cyclic N) is 1. The lowest BCUT2D eigenvalue weighted by Crippen LogP contribution is -2.31. The minimum absolute atomic E-state index is 0.283. The Bertz CT molecular complexity index is 163. The molecule has 0 amide bonds. The van der Waals surface area contributed by atoms with E-state index < -0.39 is 0 Å². The molecule has 0 aromatic heterocycles. The molecule has 1 aliphatic heterocycles. The average molecular weight is 169 g/mol. The van der Waals surface area contributed by atoms with Crippen molar-refractivity contribution >= 4 is 0 Å². The van der Waals surface area contributed by atoms with Crippen molar-refractivity contribution < 1.29 is 5.11 Å². The summed E-state index contributed by atoms with van der Waals surface area (Å²) in [5.74, 6) is 0.696. The lowest BCUT2D eigenvalue weighted by atomic mass is 9.97. The normalized spacial score (nSPS) is 19.8. The molecule has 0 spiro atoms. The molecule has 0 aromatic rings. The summed E-state index contributed by atoms with van der Waals surface area (Å²) in [4.78, 5) is 2.28. The van der Waals surface area contributed by atoms with Crippen LogP contribution in [0, 0.1) is 5.92 Å². The maximum atomic E-state index is 8.73. The van der Waals surface area contributed by atoms with Crippen LogP contribution in [0.1, 0.15) is 20.3 Å². The van der Waals surface area contributed by atoms with E-state index in [1.807, 2.05) is 0 Å². The first kappa shape index (κ1) is 9.75. The van der Waals surface area contributed by atoms with Crippen molar-refractivity contribution in [1.82, 2.24) is 4.90 Å². The van der Waals surface area contributed by atoms with Gasteiger partial charge in [-0.2, -0.15) is 0 Å². The molecule has 2 heteroatoms. The lowest BCUT2D eigenvalue weighted by molar-refractivity contribution is 0.203. The van der Waals surface area contributed by atoms with Crippen LogP contribution in [0.4, 0.5) is 0 Å². The van der Waals surface area contributed by atoms with Crippen LogP contribution in [-0.2, 0) is 0 Å². The predicted molar refractivity (Wildman–Crippen MR) is 51.1 cm³/mol. The summed E-state index contributed by atoms with van der Waals surface area (Å²) in [6.45, 7) is 7.73. The van der Waals surface area contributed by atoms with Crippen molar-refractivity contribution in [2.45, 2.75) is 20.3 Å². The molecule has 1 N–H and O–H groups in total. The van der Waals surface area contributed by atoms with Crippen LogP contribution in [0.2, 0.25) is 0 Å². The molecule has 1 aliphatic rings. The Balaban J connectivity index is 2.37. The summed E-state index contributed by atoms with van der Waals surface area (Å²) in [5, 5.41) is 8.73. The van der Waals surface area contributed by atoms with Crippen molar-refractivity contribution in [3.05, 3.63) is 11.6 Å². The first-order valence-corrected chi connectivity index (χ1v) is 4.76. The second-order valence-electron chi connectivity index (χ2n) is 3.71. The van der Waals surface area contributed by atoms with Crippen molar-refractivity contribution in [2.75, 3.05) is 26.2 Å². The summed E-state index contributed by atoms with van der Waals surface area (Å²) in [6, 6.07) is 0. The van der Waals surface area contributed by atoms with E-state index in [1.54, 1.807) is 5.57 Å². The molecule has 0 unspecified atom stereocenters. The molecular formula is C10H19NO. The van der Waals surface area contributed by atoms with Gasteiger partial charge in [-0.3, -0.25) is 4.90 Å². The minimum Gasteiger partial charge on any atom is -0.395 e. The van der Waals surface area contributed by atoms with Gasteiger partial charge >= 0.3 is 0 Å². The van der Waals surface area contributed by atoms with Gasteiger partial charge < -0.3 is 5.11 Å². The summed E-state index contributed by atoms with van der Waals surface area (Å²) >= 11 is 0. The zero-order chi connectivity index (χ0) is 8.97. The summed E-state index contributed by atoms with van der Waals surface area (Å²) < 4.78 is 0. The van der Waals surface area contributed by atoms with Gasteiger partial charge in [0, 0.05) is 19.6 Å². The Morgan fingerprint density at radius 3 is 2.75 bits per heavy atom. The van der Waals surface area contributed by atoms with E-state index >= 15 is 0 Å². The zero-order valence-corrected chi connectivity index (χ0v) is 8.08. The third kappa shape index (κ3) is 2.61. The van der Waals surface area contributed by atoms with Crippen LogP contribution in [0.5, 0.6) is 0 Å². The zero-order valence-electron chi connectivity index (χ0n) is 8.08. The number of aliphatic hydroxyl groups is 1. The second-order valence-corrected chi connectivity index (χ2v) is 3.71. The Morgan fingerprint density at radius 2 is 2.33 bits per heavy atom. The van der Waals surface area contributed by atoms with Gasteiger partial charge in [0.25, 0.3) is 0 Å². The molecule has 0 saturated carbocycles. The van der Waals surface area contributed by atoms with Gasteiger partial charge in [-0.15, -0.1) is 0 Å². The average Bonchev–Trinajstić information content (AvgIpc) is 2.06. The fourth-order valence-corrected chi connectivity index (χ4v) is 1.60. The molecule has 0 aromatic carbocycles. The highest BCUT2D eigenvalue weighted by Gasteiger charge is 2.12. The van der Waals surface area contributed by atoms with Crippen LogP contribution in [-0.4, -0.2) is 36.2 Å². The van der Waals surface area contributed by atoms with Crippen molar-refractivity contribution in [1.29, 1.82) is 0 Å². The maximum Gasteiger partial charge on any atom is 0.0558 e. The number of rotatable bonds is 3. The standard InChI is InChI=1S/C10H19NO/c1-9(2)10-3-5-11(6-4-10)7-8-12/h3,9,12H,4-8H2,1-2H3. The predicted octanol–water partition coefficient (Wildman–Crippen LogP) is 1.27. The van der Waals surface area contributed by atoms with E-state index in [9.17, 15) is 0 Å². The molecule has 0 radical (unpaired) electrons. The van der Waals surface area contributed by atoms with E-state index in [2.05, 4.69) is 24.8 Å². The fourth-order valence-electron chi connectivity index (χ4n) is 1.60. The number of aliphatic hydroxyl groups excluding tert-OH is 1. The topological polar surface area (TPSA) is 23.5 Å². The molecule has 2 nitrogen and oxygen atoms in total. The number of nitrogens with zero attached hydrogens (tertiary/aromatic N) is 1. The largest absolute Gasteiger partial charge is 0.395 e. The second kappa shape index (κ2) is 4.63. The van der Waals surface area contributed by atoms with Gasteiger partial charge in [-0.05, 0) is 12.3 Å². The van der Waals surface area contributed by atoms with Gasteiger partial charge in [-0.1, -0.05) is 25.5 Å². The highest BCUT2D eigenvalue weighted by Crippen LogP contribution is 2.17. The van der Waals surface area contributed by atoms with Crippen molar-refractivity contribution in [3.8, 4) is 0 Å². The van der Waals surface area contributed by atoms with Gasteiger partial charge in [0.1, 0.15) is 0 Å². The first-order chi connectivity index (χ1) is 5.74. The van der Waals surface area contributed by atoms with Crippen molar-refractivity contribution in [3.63, 3.8) is 0 Å². The molecular weight excluding hydrogens is 150 g/mol. The van der Waals surface area contributed by atoms with Gasteiger partial charge in [0.2, 0.25) is 0 Å². The Kier molecular flexibility index (Phi) is 3.76. The maximum absolute atomic E-state index is 8.73. The molecule has 1 rings (SSSR count). The van der Waals surface area contributed by atoms with Crippen LogP contribution in [0.3, 0.4) is 0 Å². The van der Waals surface area contributed by atoms with Gasteiger partial charge in [-0.25, -0.2) is 0 Å². The lowest BCUT2D eigenvalue weighted by Gasteiger charge is -2.26. The van der Waals surface area contributed by atoms with Gasteiger partial charge in [0.05, 0.1) is 6.61 Å². The monoisotopic (exact) mass is 169 g/mol. The van der Waals surface area contributed by atoms with E-state index in [-0.39, 0.29) is 6.61 Å². The van der Waals surface area contributed by atoms with Crippen LogP contribution in [0.15, 0.2) is 11.6 Å². The first-order valence-electron chi connectivity index (χ1n) is 4.76. The quantitative estimate of drug-likeness (QED) is 0.643. The molecule has 0 saturated heterocycles. The van der Waals surface area contributed by atoms with E-state index in [1.165, 1.54) is 6.42 Å². The van der Waals surface area contributed by atoms with E-state index in [0.717, 1.165) is 19.6 Å². The van der Waals surface area contributed by atoms with Crippen molar-refractivity contribution in [2.24, 2.45) is 5.92 Å². The molecule has 1 heterocycles. The number of hydrogen-bond acceptors (Lipinski definition) is 2. The molecule has 70 valence electrons. The molecule has 0 fully saturated rings. The summed E-state index contributed by atoms with van der Waals surface area (Å²) in [5.41, 5.74) is 1.57. The Morgan fingerprint density at radius 1 is 1.58 bits per heavy atom. The third-order valence-electron chi connectivity index (χ3n) is 2.49.